The SMILES string of the molecule is Nn1c(SCC(=O)NC(c2ccc(F)cc2)c2cccs2)nnc1-c1ccccc1Cl. The van der Waals surface area contributed by atoms with Crippen LogP contribution in [0.5, 0.6) is 0 Å². The Kier molecular flexibility index (Phi) is 6.55. The molecule has 2 aromatic heterocycles. The summed E-state index contributed by atoms with van der Waals surface area (Å²) in [6.07, 6.45) is 0. The summed E-state index contributed by atoms with van der Waals surface area (Å²) in [5, 5.41) is 14.0. The van der Waals surface area contributed by atoms with Crippen molar-refractivity contribution in [2.24, 2.45) is 0 Å². The molecule has 0 saturated heterocycles. The number of nitrogens with two attached hydrogens (primary N) is 1. The second-order valence-corrected chi connectivity index (χ2v) is 8.84. The molecular formula is C21H17ClFN5OS2. The normalized spacial score (nSPS) is 11.9. The minimum absolute atomic E-state index is 0.0843. The summed E-state index contributed by atoms with van der Waals surface area (Å²) in [6.45, 7) is 0. The fraction of sp³-hybridized carbons (Fsp3) is 0.0952. The number of hydrogen-bond acceptors (Lipinski definition) is 6. The molecule has 0 aliphatic carbocycles. The molecule has 0 aliphatic heterocycles. The quantitative estimate of drug-likeness (QED) is 0.304. The van der Waals surface area contributed by atoms with Crippen LogP contribution in [0.2, 0.25) is 5.02 Å². The van der Waals surface area contributed by atoms with Crippen LogP contribution in [-0.2, 0) is 4.79 Å². The van der Waals surface area contributed by atoms with Crippen molar-refractivity contribution in [2.45, 2.75) is 11.2 Å². The Morgan fingerprint density at radius 3 is 2.65 bits per heavy atom. The number of thioether (sulfide) groups is 1. The Labute approximate surface area is 191 Å². The van der Waals surface area contributed by atoms with Crippen molar-refractivity contribution in [2.75, 3.05) is 11.6 Å². The molecule has 1 unspecified atom stereocenters. The third-order valence-electron chi connectivity index (χ3n) is 4.45. The highest BCUT2D eigenvalue weighted by molar-refractivity contribution is 7.99. The summed E-state index contributed by atoms with van der Waals surface area (Å²) < 4.78 is 14.6. The van der Waals surface area contributed by atoms with E-state index in [0.29, 0.717) is 21.6 Å². The first kappa shape index (κ1) is 21.4. The Balaban J connectivity index is 1.46. The van der Waals surface area contributed by atoms with Crippen LogP contribution in [-0.4, -0.2) is 26.5 Å². The molecular weight excluding hydrogens is 457 g/mol. The molecule has 6 nitrogen and oxygen atoms in total. The van der Waals surface area contributed by atoms with Crippen molar-refractivity contribution in [1.82, 2.24) is 20.2 Å². The largest absolute Gasteiger partial charge is 0.344 e. The van der Waals surface area contributed by atoms with E-state index in [1.54, 1.807) is 24.3 Å². The van der Waals surface area contributed by atoms with E-state index in [9.17, 15) is 9.18 Å². The fourth-order valence-electron chi connectivity index (χ4n) is 2.96. The standard InChI is InChI=1S/C21H17ClFN5OS2/c22-16-5-2-1-4-15(16)20-26-27-21(28(20)24)31-12-18(29)25-19(17-6-3-11-30-17)13-7-9-14(23)10-8-13/h1-11,19H,12,24H2,(H,25,29). The van der Waals surface area contributed by atoms with E-state index in [1.807, 2.05) is 29.6 Å². The number of nitrogens with one attached hydrogen (secondary N) is 1. The minimum atomic E-state index is -0.372. The van der Waals surface area contributed by atoms with Gasteiger partial charge >= 0.3 is 0 Å². The van der Waals surface area contributed by atoms with E-state index in [4.69, 9.17) is 17.4 Å². The van der Waals surface area contributed by atoms with E-state index in [-0.39, 0.29) is 23.5 Å². The Hall–Kier alpha value is -2.88. The van der Waals surface area contributed by atoms with Gasteiger partial charge in [0.15, 0.2) is 5.82 Å². The second-order valence-electron chi connectivity index (χ2n) is 6.51. The van der Waals surface area contributed by atoms with E-state index < -0.39 is 0 Å². The predicted octanol–water partition coefficient (Wildman–Crippen LogP) is 4.51. The molecule has 0 saturated carbocycles. The third-order valence-corrected chi connectivity index (χ3v) is 6.66. The van der Waals surface area contributed by atoms with Crippen molar-refractivity contribution < 1.29 is 9.18 Å². The number of nitrogens with zero attached hydrogens (tertiary/aromatic N) is 3. The van der Waals surface area contributed by atoms with Gasteiger partial charge in [-0.05, 0) is 41.3 Å². The van der Waals surface area contributed by atoms with Crippen molar-refractivity contribution in [1.29, 1.82) is 0 Å². The number of carbonyl (C=O) groups excluding carboxylic acids is 1. The van der Waals surface area contributed by atoms with Gasteiger partial charge in [0.05, 0.1) is 16.8 Å². The van der Waals surface area contributed by atoms with Gasteiger partial charge in [0.25, 0.3) is 0 Å². The second kappa shape index (κ2) is 9.51. The molecule has 31 heavy (non-hydrogen) atoms. The number of carbonyl (C=O) groups is 1. The smallest absolute Gasteiger partial charge is 0.231 e. The van der Waals surface area contributed by atoms with Crippen molar-refractivity contribution in [3.63, 3.8) is 0 Å². The lowest BCUT2D eigenvalue weighted by atomic mass is 10.1. The summed E-state index contributed by atoms with van der Waals surface area (Å²) >= 11 is 8.89. The van der Waals surface area contributed by atoms with E-state index in [0.717, 1.165) is 10.4 Å². The zero-order chi connectivity index (χ0) is 21.8. The van der Waals surface area contributed by atoms with Crippen LogP contribution in [0.15, 0.2) is 71.2 Å². The number of halogens is 2. The van der Waals surface area contributed by atoms with Crippen LogP contribution in [0.3, 0.4) is 0 Å². The van der Waals surface area contributed by atoms with Crippen LogP contribution in [0.1, 0.15) is 16.5 Å². The average Bonchev–Trinajstić information content (AvgIpc) is 3.42. The molecule has 0 aliphatic rings. The molecule has 4 aromatic rings. The molecule has 0 spiro atoms. The highest BCUT2D eigenvalue weighted by Crippen LogP contribution is 2.29. The molecule has 0 fully saturated rings. The van der Waals surface area contributed by atoms with Gasteiger partial charge in [0, 0.05) is 10.4 Å². The third kappa shape index (κ3) is 4.90. The topological polar surface area (TPSA) is 85.8 Å². The van der Waals surface area contributed by atoms with E-state index in [2.05, 4.69) is 15.5 Å². The molecule has 10 heteroatoms. The molecule has 1 amide bonds. The first-order valence-corrected chi connectivity index (χ1v) is 11.4. The lowest BCUT2D eigenvalue weighted by molar-refractivity contribution is -0.119. The highest BCUT2D eigenvalue weighted by Gasteiger charge is 2.20. The van der Waals surface area contributed by atoms with Gasteiger partial charge in [-0.1, -0.05) is 53.7 Å². The first-order chi connectivity index (χ1) is 15.0. The van der Waals surface area contributed by atoms with Crippen LogP contribution < -0.4 is 11.2 Å². The minimum Gasteiger partial charge on any atom is -0.344 e. The van der Waals surface area contributed by atoms with Gasteiger partial charge in [-0.15, -0.1) is 21.5 Å². The number of thiophene rings is 1. The van der Waals surface area contributed by atoms with Crippen molar-refractivity contribution >= 4 is 40.6 Å². The van der Waals surface area contributed by atoms with Crippen LogP contribution in [0, 0.1) is 5.82 Å². The summed E-state index contributed by atoms with van der Waals surface area (Å²) in [6, 6.07) is 16.7. The van der Waals surface area contributed by atoms with Gasteiger partial charge in [0.1, 0.15) is 5.82 Å². The molecule has 3 N–H and O–H groups in total. The molecule has 4 rings (SSSR count). The van der Waals surface area contributed by atoms with Gasteiger partial charge in [-0.25, -0.2) is 9.07 Å². The zero-order valence-electron chi connectivity index (χ0n) is 16.0. The maximum absolute atomic E-state index is 13.3. The molecule has 158 valence electrons. The van der Waals surface area contributed by atoms with Crippen LogP contribution in [0.4, 0.5) is 4.39 Å². The predicted molar refractivity (Wildman–Crippen MR) is 122 cm³/mol. The number of nitrogen functional groups attached to an aromatic ring is 1. The fourth-order valence-corrected chi connectivity index (χ4v) is 4.65. The maximum atomic E-state index is 13.3. The monoisotopic (exact) mass is 473 g/mol. The van der Waals surface area contributed by atoms with E-state index >= 15 is 0 Å². The maximum Gasteiger partial charge on any atom is 0.231 e. The number of benzene rings is 2. The average molecular weight is 474 g/mol. The Bertz CT molecular complexity index is 1180. The van der Waals surface area contributed by atoms with Gasteiger partial charge in [0.2, 0.25) is 11.1 Å². The summed E-state index contributed by atoms with van der Waals surface area (Å²) in [4.78, 5) is 13.6. The first-order valence-electron chi connectivity index (χ1n) is 9.19. The molecule has 0 bridgehead atoms. The van der Waals surface area contributed by atoms with Gasteiger partial charge in [-0.2, -0.15) is 0 Å². The lowest BCUT2D eigenvalue weighted by Crippen LogP contribution is -2.30. The summed E-state index contributed by atoms with van der Waals surface area (Å²) in [5.74, 6) is 6.08. The van der Waals surface area contributed by atoms with Gasteiger partial charge < -0.3 is 11.2 Å². The van der Waals surface area contributed by atoms with Crippen molar-refractivity contribution in [3.8, 4) is 11.4 Å². The number of rotatable bonds is 7. The number of aromatic nitrogens is 3. The Morgan fingerprint density at radius 2 is 1.94 bits per heavy atom. The van der Waals surface area contributed by atoms with E-state index in [1.165, 1.54) is 39.9 Å². The molecule has 1 atom stereocenters. The highest BCUT2D eigenvalue weighted by atomic mass is 35.5. The number of amides is 1. The molecule has 2 heterocycles. The van der Waals surface area contributed by atoms with Crippen molar-refractivity contribution in [3.05, 3.63) is 87.3 Å². The summed E-state index contributed by atoms with van der Waals surface area (Å²) in [5.41, 5.74) is 1.45. The van der Waals surface area contributed by atoms with Gasteiger partial charge in [-0.3, -0.25) is 4.79 Å². The number of hydrogen-bond donors (Lipinski definition) is 2. The molecule has 0 radical (unpaired) electrons. The zero-order valence-corrected chi connectivity index (χ0v) is 18.4. The van der Waals surface area contributed by atoms with Crippen LogP contribution >= 0.6 is 34.7 Å². The molecule has 2 aromatic carbocycles. The summed E-state index contributed by atoms with van der Waals surface area (Å²) in [7, 11) is 0. The van der Waals surface area contributed by atoms with Crippen LogP contribution in [0.25, 0.3) is 11.4 Å². The lowest BCUT2D eigenvalue weighted by Gasteiger charge is -2.18. The Morgan fingerprint density at radius 1 is 1.16 bits per heavy atom.